The van der Waals surface area contributed by atoms with Gasteiger partial charge in [0.15, 0.2) is 0 Å². The van der Waals surface area contributed by atoms with Crippen LogP contribution in [-0.2, 0) is 5.41 Å². The molecule has 246 valence electrons. The lowest BCUT2D eigenvalue weighted by atomic mass is 9.64. The average Bonchev–Trinajstić information content (AvgIpc) is 3.69. The smallest absolute Gasteiger partial charge is 0.235 e. The summed E-state index contributed by atoms with van der Waals surface area (Å²) in [5.74, 6) is 2.49. The first-order valence-corrected chi connectivity index (χ1v) is 18.8. The van der Waals surface area contributed by atoms with Gasteiger partial charge in [0.1, 0.15) is 0 Å². The standard InChI is InChI=1S/C48H39N3/c1-2-48(28-30-15-16-31(23-30)29-48)38-20-17-33(18-21-38)45-40-22-19-32-9-7-8-14-39(32)46(40)50-47(49-45)51-43-26-36-12-5-3-10-34(36)24-41(43)42-25-35-11-4-6-13-37(35)27-44(42)51/h3-14,17-22,24-27,30-31H,2,15-16,23,28-29H2,1H3. The van der Waals surface area contributed by atoms with Gasteiger partial charge in [0.2, 0.25) is 5.95 Å². The third-order valence-electron chi connectivity index (χ3n) is 12.7. The van der Waals surface area contributed by atoms with Crippen LogP contribution in [0.4, 0.5) is 0 Å². The minimum Gasteiger partial charge on any atom is -0.278 e. The second-order valence-electron chi connectivity index (χ2n) is 15.5. The molecule has 2 aliphatic rings. The fourth-order valence-corrected chi connectivity index (χ4v) is 10.2. The van der Waals surface area contributed by atoms with Crippen molar-refractivity contribution < 1.29 is 0 Å². The monoisotopic (exact) mass is 657 g/mol. The number of hydrogen-bond donors (Lipinski definition) is 0. The van der Waals surface area contributed by atoms with Gasteiger partial charge in [0.05, 0.1) is 22.2 Å². The van der Waals surface area contributed by atoms with Crippen LogP contribution in [0, 0.1) is 11.8 Å². The summed E-state index contributed by atoms with van der Waals surface area (Å²) in [5.41, 5.74) is 7.17. The fraction of sp³-hybridized carbons (Fsp3) is 0.208. The Kier molecular flexibility index (Phi) is 6.29. The molecule has 2 aliphatic carbocycles. The van der Waals surface area contributed by atoms with E-state index in [9.17, 15) is 0 Å². The van der Waals surface area contributed by atoms with Gasteiger partial charge in [0.25, 0.3) is 0 Å². The molecule has 0 N–H and O–H groups in total. The molecule has 2 atom stereocenters. The van der Waals surface area contributed by atoms with Gasteiger partial charge in [-0.25, -0.2) is 9.97 Å². The summed E-state index contributed by atoms with van der Waals surface area (Å²) in [7, 11) is 0. The first kappa shape index (κ1) is 29.2. The lowest BCUT2D eigenvalue weighted by molar-refractivity contribution is 0.207. The van der Waals surface area contributed by atoms with Gasteiger partial charge in [0, 0.05) is 27.1 Å². The van der Waals surface area contributed by atoms with Crippen LogP contribution in [0.25, 0.3) is 82.2 Å². The van der Waals surface area contributed by atoms with E-state index in [0.29, 0.717) is 11.4 Å². The van der Waals surface area contributed by atoms with Crippen LogP contribution in [0.1, 0.15) is 51.0 Å². The lowest BCUT2D eigenvalue weighted by Crippen LogP contribution is -2.33. The van der Waals surface area contributed by atoms with Crippen molar-refractivity contribution in [1.82, 2.24) is 14.5 Å². The predicted molar refractivity (Wildman–Crippen MR) is 214 cm³/mol. The Labute approximate surface area is 297 Å². The van der Waals surface area contributed by atoms with Crippen molar-refractivity contribution in [2.75, 3.05) is 0 Å². The van der Waals surface area contributed by atoms with Gasteiger partial charge in [-0.15, -0.1) is 0 Å². The van der Waals surface area contributed by atoms with Crippen molar-refractivity contribution in [2.45, 2.75) is 50.9 Å². The fourth-order valence-electron chi connectivity index (χ4n) is 10.2. The Morgan fingerprint density at radius 1 is 0.569 bits per heavy atom. The maximum atomic E-state index is 5.55. The van der Waals surface area contributed by atoms with E-state index >= 15 is 0 Å². The van der Waals surface area contributed by atoms with E-state index in [-0.39, 0.29) is 0 Å². The van der Waals surface area contributed by atoms with Crippen LogP contribution < -0.4 is 0 Å². The zero-order valence-corrected chi connectivity index (χ0v) is 28.9. The quantitative estimate of drug-likeness (QED) is 0.176. The third-order valence-corrected chi connectivity index (χ3v) is 12.7. The summed E-state index contributed by atoms with van der Waals surface area (Å²) in [6.45, 7) is 2.41. The van der Waals surface area contributed by atoms with E-state index in [4.69, 9.17) is 9.97 Å². The molecule has 0 saturated heterocycles. The topological polar surface area (TPSA) is 30.7 Å². The summed E-state index contributed by atoms with van der Waals surface area (Å²) in [5, 5.41) is 10.7. The van der Waals surface area contributed by atoms with E-state index in [2.05, 4.69) is 145 Å². The molecule has 2 bridgehead atoms. The van der Waals surface area contributed by atoms with Gasteiger partial charge in [-0.05, 0) is 106 Å². The largest absolute Gasteiger partial charge is 0.278 e. The number of benzene rings is 7. The minimum atomic E-state index is 0.298. The molecule has 0 aliphatic heterocycles. The van der Waals surface area contributed by atoms with E-state index < -0.39 is 0 Å². The molecule has 3 nitrogen and oxygen atoms in total. The van der Waals surface area contributed by atoms with Gasteiger partial charge in [-0.3, -0.25) is 4.57 Å². The van der Waals surface area contributed by atoms with Gasteiger partial charge < -0.3 is 0 Å². The highest BCUT2D eigenvalue weighted by atomic mass is 15.2. The number of hydrogen-bond acceptors (Lipinski definition) is 2. The first-order valence-electron chi connectivity index (χ1n) is 18.8. The normalized spacial score (nSPS) is 20.4. The lowest BCUT2D eigenvalue weighted by Gasteiger charge is -2.41. The van der Waals surface area contributed by atoms with Crippen molar-refractivity contribution in [2.24, 2.45) is 11.8 Å². The van der Waals surface area contributed by atoms with E-state index in [1.54, 1.807) is 0 Å². The van der Waals surface area contributed by atoms with E-state index in [0.717, 1.165) is 50.4 Å². The first-order chi connectivity index (χ1) is 25.1. The molecule has 2 fully saturated rings. The highest BCUT2D eigenvalue weighted by molar-refractivity contribution is 6.17. The Balaban J connectivity index is 1.19. The summed E-state index contributed by atoms with van der Waals surface area (Å²) < 4.78 is 2.31. The van der Waals surface area contributed by atoms with Crippen molar-refractivity contribution in [3.8, 4) is 17.2 Å². The summed E-state index contributed by atoms with van der Waals surface area (Å²) in [6.07, 6.45) is 8.16. The summed E-state index contributed by atoms with van der Waals surface area (Å²) >= 11 is 0. The SMILES string of the molecule is CCC1(c2ccc(-c3nc(-n4c5cc6ccccc6cc5c5cc6ccccc6cc54)nc4c3ccc3ccccc34)cc2)CC2CCC(C2)C1. The second kappa shape index (κ2) is 11.0. The van der Waals surface area contributed by atoms with Gasteiger partial charge in [-0.2, -0.15) is 0 Å². The van der Waals surface area contributed by atoms with Crippen molar-refractivity contribution in [3.05, 3.63) is 139 Å². The molecule has 3 heteroatoms. The zero-order valence-electron chi connectivity index (χ0n) is 28.9. The maximum Gasteiger partial charge on any atom is 0.235 e. The van der Waals surface area contributed by atoms with Crippen molar-refractivity contribution >= 4 is 65.0 Å². The van der Waals surface area contributed by atoms with Crippen LogP contribution in [0.5, 0.6) is 0 Å². The molecule has 2 heterocycles. The van der Waals surface area contributed by atoms with Crippen LogP contribution >= 0.6 is 0 Å². The Hall–Kier alpha value is -5.54. The van der Waals surface area contributed by atoms with E-state index in [1.165, 1.54) is 81.8 Å². The molecule has 11 rings (SSSR count). The molecule has 2 aromatic heterocycles. The Morgan fingerprint density at radius 3 is 1.75 bits per heavy atom. The summed E-state index contributed by atoms with van der Waals surface area (Å²) in [6, 6.07) is 49.3. The number of nitrogens with zero attached hydrogens (tertiary/aromatic N) is 3. The van der Waals surface area contributed by atoms with Crippen molar-refractivity contribution in [3.63, 3.8) is 0 Å². The summed E-state index contributed by atoms with van der Waals surface area (Å²) in [4.78, 5) is 11.0. The molecule has 0 spiro atoms. The molecule has 9 aromatic rings. The number of rotatable bonds is 4. The molecular weight excluding hydrogens is 619 g/mol. The number of aromatic nitrogens is 3. The van der Waals surface area contributed by atoms with Crippen LogP contribution in [0.15, 0.2) is 133 Å². The number of fused-ring (bicyclic) bond motifs is 10. The van der Waals surface area contributed by atoms with Crippen molar-refractivity contribution in [1.29, 1.82) is 0 Å². The zero-order chi connectivity index (χ0) is 33.7. The van der Waals surface area contributed by atoms with Crippen LogP contribution in [0.2, 0.25) is 0 Å². The van der Waals surface area contributed by atoms with E-state index in [1.807, 2.05) is 0 Å². The molecular formula is C48H39N3. The van der Waals surface area contributed by atoms with Crippen LogP contribution in [0.3, 0.4) is 0 Å². The predicted octanol–water partition coefficient (Wildman–Crippen LogP) is 12.7. The van der Waals surface area contributed by atoms with Gasteiger partial charge >= 0.3 is 0 Å². The highest BCUT2D eigenvalue weighted by Crippen LogP contribution is 2.53. The molecule has 2 saturated carbocycles. The molecule has 0 radical (unpaired) electrons. The van der Waals surface area contributed by atoms with Gasteiger partial charge in [-0.1, -0.05) is 123 Å². The average molecular weight is 658 g/mol. The maximum absolute atomic E-state index is 5.55. The molecule has 51 heavy (non-hydrogen) atoms. The Morgan fingerprint density at radius 2 is 1.14 bits per heavy atom. The third kappa shape index (κ3) is 4.43. The highest BCUT2D eigenvalue weighted by Gasteiger charge is 2.43. The minimum absolute atomic E-state index is 0.298. The van der Waals surface area contributed by atoms with Crippen LogP contribution in [-0.4, -0.2) is 14.5 Å². The molecule has 2 unspecified atom stereocenters. The Bertz CT molecular complexity index is 2740. The molecule has 7 aromatic carbocycles. The second-order valence-corrected chi connectivity index (χ2v) is 15.5. The molecule has 0 amide bonds.